The number of rotatable bonds is 3. The van der Waals surface area contributed by atoms with Crippen molar-refractivity contribution in [2.24, 2.45) is 5.73 Å². The van der Waals surface area contributed by atoms with E-state index < -0.39 is 0 Å². The summed E-state index contributed by atoms with van der Waals surface area (Å²) < 4.78 is 0. The molecule has 0 atom stereocenters. The number of nitrogen functional groups attached to an aromatic ring is 1. The molecular weight excluding hydrogens is 280 g/mol. The predicted molar refractivity (Wildman–Crippen MR) is 97.8 cm³/mol. The second kappa shape index (κ2) is 6.09. The Balaban J connectivity index is 2.27. The van der Waals surface area contributed by atoms with E-state index >= 15 is 0 Å². The molecule has 3 N–H and O–H groups in total. The molecule has 3 rings (SSSR count). The van der Waals surface area contributed by atoms with Crippen LogP contribution in [0.2, 0.25) is 0 Å². The van der Waals surface area contributed by atoms with E-state index in [9.17, 15) is 0 Å². The Morgan fingerprint density at radius 1 is 0.739 bits per heavy atom. The van der Waals surface area contributed by atoms with Crippen LogP contribution in [-0.4, -0.2) is 5.84 Å². The minimum absolute atomic E-state index is 0.0922. The van der Waals surface area contributed by atoms with E-state index in [1.165, 1.54) is 11.1 Å². The van der Waals surface area contributed by atoms with Gasteiger partial charge in [0.25, 0.3) is 0 Å². The Bertz CT molecular complexity index is 844. The number of hydrogen-bond acceptors (Lipinski definition) is 1. The van der Waals surface area contributed by atoms with Crippen LogP contribution in [0.15, 0.2) is 66.7 Å². The molecule has 0 aromatic heterocycles. The summed E-state index contributed by atoms with van der Waals surface area (Å²) in [6.07, 6.45) is 0. The molecule has 0 amide bonds. The molecule has 0 aliphatic carbocycles. The first-order valence-corrected chi connectivity index (χ1v) is 7.68. The second-order valence-electron chi connectivity index (χ2n) is 5.87. The molecule has 0 fully saturated rings. The van der Waals surface area contributed by atoms with Crippen molar-refractivity contribution in [3.8, 4) is 22.3 Å². The van der Waals surface area contributed by atoms with Crippen molar-refractivity contribution in [2.45, 2.75) is 13.8 Å². The smallest absolute Gasteiger partial charge is 0.123 e. The molecule has 114 valence electrons. The van der Waals surface area contributed by atoms with Gasteiger partial charge < -0.3 is 5.73 Å². The molecule has 0 bridgehead atoms. The standard InChI is InChI=1S/C21H20N2/c1-14-6-10-16(11-7-14)18-4-3-5-19(21(22)23)20(18)17-12-8-15(2)9-13-17/h3-13H,1-2H3,(H3,22,23). The first-order chi connectivity index (χ1) is 11.1. The van der Waals surface area contributed by atoms with E-state index in [2.05, 4.69) is 68.4 Å². The quantitative estimate of drug-likeness (QED) is 0.523. The van der Waals surface area contributed by atoms with Crippen molar-refractivity contribution in [3.63, 3.8) is 0 Å². The normalized spacial score (nSPS) is 10.5. The SMILES string of the molecule is Cc1ccc(-c2cccc(C(=N)N)c2-c2ccc(C)cc2)cc1. The van der Waals surface area contributed by atoms with Crippen molar-refractivity contribution in [2.75, 3.05) is 0 Å². The Morgan fingerprint density at radius 3 is 1.78 bits per heavy atom. The van der Waals surface area contributed by atoms with Crippen molar-refractivity contribution in [1.82, 2.24) is 0 Å². The van der Waals surface area contributed by atoms with Gasteiger partial charge >= 0.3 is 0 Å². The summed E-state index contributed by atoms with van der Waals surface area (Å²) in [6, 6.07) is 22.8. The molecule has 2 heteroatoms. The maximum atomic E-state index is 7.94. The van der Waals surface area contributed by atoms with Crippen LogP contribution >= 0.6 is 0 Å². The first kappa shape index (κ1) is 15.0. The topological polar surface area (TPSA) is 49.9 Å². The Hall–Kier alpha value is -2.87. The minimum atomic E-state index is 0.0922. The van der Waals surface area contributed by atoms with Gasteiger partial charge in [0, 0.05) is 11.1 Å². The molecule has 0 radical (unpaired) electrons. The number of nitrogens with one attached hydrogen (secondary N) is 1. The van der Waals surface area contributed by atoms with Crippen LogP contribution in [0.25, 0.3) is 22.3 Å². The molecule has 0 spiro atoms. The van der Waals surface area contributed by atoms with Crippen molar-refractivity contribution < 1.29 is 0 Å². The number of nitrogens with two attached hydrogens (primary N) is 1. The summed E-state index contributed by atoms with van der Waals surface area (Å²) in [5, 5.41) is 7.94. The van der Waals surface area contributed by atoms with Gasteiger partial charge in [0.15, 0.2) is 0 Å². The highest BCUT2D eigenvalue weighted by molar-refractivity contribution is 6.05. The summed E-state index contributed by atoms with van der Waals surface area (Å²) in [5.74, 6) is 0.0922. The average Bonchev–Trinajstić information content (AvgIpc) is 2.55. The van der Waals surface area contributed by atoms with Gasteiger partial charge in [0.2, 0.25) is 0 Å². The van der Waals surface area contributed by atoms with Crippen LogP contribution in [-0.2, 0) is 0 Å². The van der Waals surface area contributed by atoms with Crippen LogP contribution in [0.5, 0.6) is 0 Å². The van der Waals surface area contributed by atoms with E-state index in [4.69, 9.17) is 11.1 Å². The maximum absolute atomic E-state index is 7.94. The fourth-order valence-corrected chi connectivity index (χ4v) is 2.78. The molecule has 3 aromatic rings. The minimum Gasteiger partial charge on any atom is -0.384 e. The van der Waals surface area contributed by atoms with E-state index in [1.54, 1.807) is 0 Å². The highest BCUT2D eigenvalue weighted by Crippen LogP contribution is 2.35. The molecule has 0 unspecified atom stereocenters. The van der Waals surface area contributed by atoms with E-state index in [-0.39, 0.29) is 5.84 Å². The molecule has 23 heavy (non-hydrogen) atoms. The summed E-state index contributed by atoms with van der Waals surface area (Å²) in [6.45, 7) is 4.15. The Labute approximate surface area is 137 Å². The van der Waals surface area contributed by atoms with Gasteiger partial charge in [-0.15, -0.1) is 0 Å². The zero-order valence-electron chi connectivity index (χ0n) is 13.4. The van der Waals surface area contributed by atoms with Crippen LogP contribution < -0.4 is 5.73 Å². The monoisotopic (exact) mass is 300 g/mol. The molecule has 2 nitrogen and oxygen atoms in total. The molecule has 0 aliphatic rings. The van der Waals surface area contributed by atoms with E-state index in [1.807, 2.05) is 12.1 Å². The lowest BCUT2D eigenvalue weighted by molar-refractivity contribution is 1.41. The van der Waals surface area contributed by atoms with Gasteiger partial charge in [-0.3, -0.25) is 5.41 Å². The molecule has 0 aliphatic heterocycles. The van der Waals surface area contributed by atoms with E-state index in [0.717, 1.165) is 27.8 Å². The molecule has 0 saturated heterocycles. The average molecular weight is 300 g/mol. The summed E-state index contributed by atoms with van der Waals surface area (Å²) >= 11 is 0. The first-order valence-electron chi connectivity index (χ1n) is 7.68. The Morgan fingerprint density at radius 2 is 1.26 bits per heavy atom. The lowest BCUT2D eigenvalue weighted by Crippen LogP contribution is -2.13. The van der Waals surface area contributed by atoms with Gasteiger partial charge in [-0.2, -0.15) is 0 Å². The Kier molecular flexibility index (Phi) is 3.98. The zero-order chi connectivity index (χ0) is 16.4. The van der Waals surface area contributed by atoms with Crippen molar-refractivity contribution in [3.05, 3.63) is 83.4 Å². The third-order valence-electron chi connectivity index (χ3n) is 4.06. The summed E-state index contributed by atoms with van der Waals surface area (Å²) in [5.41, 5.74) is 13.4. The molecule has 3 aromatic carbocycles. The van der Waals surface area contributed by atoms with Gasteiger partial charge in [-0.1, -0.05) is 77.9 Å². The maximum Gasteiger partial charge on any atom is 0.123 e. The van der Waals surface area contributed by atoms with Crippen LogP contribution in [0.1, 0.15) is 16.7 Å². The third kappa shape index (κ3) is 3.02. The fourth-order valence-electron chi connectivity index (χ4n) is 2.78. The van der Waals surface area contributed by atoms with Crippen LogP contribution in [0.4, 0.5) is 0 Å². The van der Waals surface area contributed by atoms with Crippen LogP contribution in [0, 0.1) is 19.3 Å². The number of aryl methyl sites for hydroxylation is 2. The predicted octanol–water partition coefficient (Wildman–Crippen LogP) is 4.92. The lowest BCUT2D eigenvalue weighted by Gasteiger charge is -2.15. The van der Waals surface area contributed by atoms with Gasteiger partial charge in [0.1, 0.15) is 5.84 Å². The number of hydrogen-bond donors (Lipinski definition) is 2. The highest BCUT2D eigenvalue weighted by Gasteiger charge is 2.14. The van der Waals surface area contributed by atoms with Crippen molar-refractivity contribution in [1.29, 1.82) is 5.41 Å². The number of benzene rings is 3. The third-order valence-corrected chi connectivity index (χ3v) is 4.06. The van der Waals surface area contributed by atoms with Crippen LogP contribution in [0.3, 0.4) is 0 Å². The summed E-state index contributed by atoms with van der Waals surface area (Å²) in [7, 11) is 0. The number of amidine groups is 1. The van der Waals surface area contributed by atoms with Gasteiger partial charge in [-0.25, -0.2) is 0 Å². The molecule has 0 heterocycles. The van der Waals surface area contributed by atoms with E-state index in [0.29, 0.717) is 0 Å². The summed E-state index contributed by atoms with van der Waals surface area (Å²) in [4.78, 5) is 0. The largest absolute Gasteiger partial charge is 0.384 e. The lowest BCUT2D eigenvalue weighted by atomic mass is 9.89. The highest BCUT2D eigenvalue weighted by atomic mass is 14.7. The molecular formula is C21H20N2. The zero-order valence-corrected chi connectivity index (χ0v) is 13.4. The molecule has 0 saturated carbocycles. The van der Waals surface area contributed by atoms with Gasteiger partial charge in [-0.05, 0) is 30.5 Å². The van der Waals surface area contributed by atoms with Gasteiger partial charge in [0.05, 0.1) is 0 Å². The fraction of sp³-hybridized carbons (Fsp3) is 0.0952. The van der Waals surface area contributed by atoms with Crippen molar-refractivity contribution >= 4 is 5.84 Å². The second-order valence-corrected chi connectivity index (χ2v) is 5.87.